The summed E-state index contributed by atoms with van der Waals surface area (Å²) in [4.78, 5) is 14.7. The van der Waals surface area contributed by atoms with E-state index in [2.05, 4.69) is 29.2 Å². The Morgan fingerprint density at radius 1 is 1.29 bits per heavy atom. The minimum absolute atomic E-state index is 0.332. The first-order chi connectivity index (χ1) is 10.2. The first-order valence-electron chi connectivity index (χ1n) is 7.89. The molecule has 2 aliphatic rings. The monoisotopic (exact) mass is 305 g/mol. The Morgan fingerprint density at radius 2 is 2.05 bits per heavy atom. The number of nitrogens with zero attached hydrogens (tertiary/aromatic N) is 1. The van der Waals surface area contributed by atoms with Gasteiger partial charge in [0.15, 0.2) is 0 Å². The maximum atomic E-state index is 10.6. The topological polar surface area (TPSA) is 40.5 Å². The molecule has 114 valence electrons. The number of carboxylic acids is 1. The molecule has 21 heavy (non-hydrogen) atoms. The summed E-state index contributed by atoms with van der Waals surface area (Å²) in [6.45, 7) is 3.44. The molecule has 1 N–H and O–H groups in total. The first kappa shape index (κ1) is 14.9. The number of thioether (sulfide) groups is 1. The van der Waals surface area contributed by atoms with Gasteiger partial charge < -0.3 is 10.0 Å². The molecule has 1 fully saturated rings. The molecule has 0 aromatic heterocycles. The summed E-state index contributed by atoms with van der Waals surface area (Å²) >= 11 is 2.03. The molecular formula is C17H23NO2S. The molecule has 4 heteroatoms. The minimum Gasteiger partial charge on any atom is -0.481 e. The van der Waals surface area contributed by atoms with Gasteiger partial charge >= 0.3 is 5.97 Å². The standard InChI is InChI=1S/C17H23NO2S/c19-17(20)6-5-13-7-9-18(10-8-13)12-15-11-14-3-1-2-4-16(14)21-15/h1-4,13,15H,5-12H2,(H,19,20). The third kappa shape index (κ3) is 4.01. The van der Waals surface area contributed by atoms with Gasteiger partial charge in [0.05, 0.1) is 0 Å². The number of hydrogen-bond donors (Lipinski definition) is 1. The summed E-state index contributed by atoms with van der Waals surface area (Å²) in [5.41, 5.74) is 1.50. The highest BCUT2D eigenvalue weighted by molar-refractivity contribution is 8.00. The van der Waals surface area contributed by atoms with Gasteiger partial charge in [-0.3, -0.25) is 4.79 Å². The van der Waals surface area contributed by atoms with Gasteiger partial charge in [0.25, 0.3) is 0 Å². The average Bonchev–Trinajstić information content (AvgIpc) is 2.88. The Morgan fingerprint density at radius 3 is 2.76 bits per heavy atom. The summed E-state index contributed by atoms with van der Waals surface area (Å²) in [5, 5.41) is 9.45. The van der Waals surface area contributed by atoms with Crippen molar-refractivity contribution in [3.05, 3.63) is 29.8 Å². The molecule has 1 atom stereocenters. The van der Waals surface area contributed by atoms with Crippen LogP contribution < -0.4 is 0 Å². The first-order valence-corrected chi connectivity index (χ1v) is 8.77. The van der Waals surface area contributed by atoms with Gasteiger partial charge in [0.1, 0.15) is 0 Å². The molecule has 3 rings (SSSR count). The van der Waals surface area contributed by atoms with Gasteiger partial charge in [-0.05, 0) is 56.3 Å². The number of piperidine rings is 1. The van der Waals surface area contributed by atoms with Crippen LogP contribution in [0.3, 0.4) is 0 Å². The molecule has 0 aliphatic carbocycles. The highest BCUT2D eigenvalue weighted by Gasteiger charge is 2.26. The largest absolute Gasteiger partial charge is 0.481 e. The van der Waals surface area contributed by atoms with E-state index in [4.69, 9.17) is 5.11 Å². The lowest BCUT2D eigenvalue weighted by Gasteiger charge is -2.33. The third-order valence-electron chi connectivity index (χ3n) is 4.65. The molecule has 0 saturated carbocycles. The molecule has 0 bridgehead atoms. The molecule has 1 unspecified atom stereocenters. The van der Waals surface area contributed by atoms with E-state index in [0.29, 0.717) is 17.6 Å². The van der Waals surface area contributed by atoms with E-state index >= 15 is 0 Å². The Hall–Kier alpha value is -1.00. The van der Waals surface area contributed by atoms with Crippen molar-refractivity contribution < 1.29 is 9.90 Å². The van der Waals surface area contributed by atoms with Crippen molar-refractivity contribution in [2.24, 2.45) is 5.92 Å². The third-order valence-corrected chi connectivity index (χ3v) is 5.95. The fourth-order valence-electron chi connectivity index (χ4n) is 3.43. The predicted molar refractivity (Wildman–Crippen MR) is 85.8 cm³/mol. The second-order valence-corrected chi connectivity index (χ2v) is 7.57. The van der Waals surface area contributed by atoms with Crippen LogP contribution in [0, 0.1) is 5.92 Å². The maximum Gasteiger partial charge on any atom is 0.303 e. The van der Waals surface area contributed by atoms with E-state index in [9.17, 15) is 4.79 Å². The van der Waals surface area contributed by atoms with E-state index in [1.165, 1.54) is 23.4 Å². The fourth-order valence-corrected chi connectivity index (χ4v) is 4.80. The Balaban J connectivity index is 1.41. The zero-order chi connectivity index (χ0) is 14.7. The second kappa shape index (κ2) is 6.84. The van der Waals surface area contributed by atoms with Crippen LogP contribution in [0.15, 0.2) is 29.2 Å². The quantitative estimate of drug-likeness (QED) is 0.906. The number of carbonyl (C=O) groups is 1. The molecule has 0 spiro atoms. The smallest absolute Gasteiger partial charge is 0.303 e. The van der Waals surface area contributed by atoms with Crippen LogP contribution in [0.2, 0.25) is 0 Å². The molecule has 1 aromatic carbocycles. The number of likely N-dealkylation sites (tertiary alicyclic amines) is 1. The van der Waals surface area contributed by atoms with Gasteiger partial charge in [0, 0.05) is 23.1 Å². The lowest BCUT2D eigenvalue weighted by atomic mass is 9.92. The summed E-state index contributed by atoms with van der Waals surface area (Å²) in [5.74, 6) is -0.0386. The van der Waals surface area contributed by atoms with Gasteiger partial charge in [0.2, 0.25) is 0 Å². The van der Waals surface area contributed by atoms with Gasteiger partial charge in [-0.1, -0.05) is 18.2 Å². The molecular weight excluding hydrogens is 282 g/mol. The molecule has 1 saturated heterocycles. The number of benzene rings is 1. The van der Waals surface area contributed by atoms with Crippen LogP contribution in [0.25, 0.3) is 0 Å². The van der Waals surface area contributed by atoms with E-state index in [-0.39, 0.29) is 0 Å². The Kier molecular flexibility index (Phi) is 4.86. The minimum atomic E-state index is -0.655. The zero-order valence-electron chi connectivity index (χ0n) is 12.3. The van der Waals surface area contributed by atoms with Crippen molar-refractivity contribution >= 4 is 17.7 Å². The molecule has 0 radical (unpaired) electrons. The van der Waals surface area contributed by atoms with Crippen molar-refractivity contribution in [2.75, 3.05) is 19.6 Å². The van der Waals surface area contributed by atoms with Crippen LogP contribution in [0.4, 0.5) is 0 Å². The second-order valence-electron chi connectivity index (χ2n) is 6.23. The highest BCUT2D eigenvalue weighted by Crippen LogP contribution is 2.37. The molecule has 2 aliphatic heterocycles. The van der Waals surface area contributed by atoms with Crippen molar-refractivity contribution in [3.8, 4) is 0 Å². The van der Waals surface area contributed by atoms with Crippen molar-refractivity contribution in [1.29, 1.82) is 0 Å². The highest BCUT2D eigenvalue weighted by atomic mass is 32.2. The zero-order valence-corrected chi connectivity index (χ0v) is 13.1. The molecule has 0 amide bonds. The summed E-state index contributed by atoms with van der Waals surface area (Å²) in [6.07, 6.45) is 4.71. The van der Waals surface area contributed by atoms with E-state index in [1.54, 1.807) is 0 Å². The van der Waals surface area contributed by atoms with Crippen LogP contribution in [-0.2, 0) is 11.2 Å². The summed E-state index contributed by atoms with van der Waals surface area (Å²) in [7, 11) is 0. The SMILES string of the molecule is O=C(O)CCC1CCN(CC2Cc3ccccc3S2)CC1. The van der Waals surface area contributed by atoms with Gasteiger partial charge in [-0.2, -0.15) is 0 Å². The number of rotatable bonds is 5. The normalized spacial score (nSPS) is 23.1. The molecule has 1 aromatic rings. The predicted octanol–water partition coefficient (Wildman–Crippen LogP) is 3.28. The van der Waals surface area contributed by atoms with E-state index in [0.717, 1.165) is 32.4 Å². The van der Waals surface area contributed by atoms with E-state index in [1.807, 2.05) is 11.8 Å². The van der Waals surface area contributed by atoms with Crippen LogP contribution in [0.5, 0.6) is 0 Å². The van der Waals surface area contributed by atoms with Crippen molar-refractivity contribution in [3.63, 3.8) is 0 Å². The van der Waals surface area contributed by atoms with Crippen molar-refractivity contribution in [2.45, 2.75) is 42.2 Å². The maximum absolute atomic E-state index is 10.6. The molecule has 2 heterocycles. The summed E-state index contributed by atoms with van der Waals surface area (Å²) < 4.78 is 0. The fraction of sp³-hybridized carbons (Fsp3) is 0.588. The lowest BCUT2D eigenvalue weighted by molar-refractivity contribution is -0.137. The van der Waals surface area contributed by atoms with Crippen molar-refractivity contribution in [1.82, 2.24) is 4.90 Å². The molecule has 3 nitrogen and oxygen atoms in total. The Bertz CT molecular complexity index is 472. The number of aliphatic carboxylic acids is 1. The lowest BCUT2D eigenvalue weighted by Crippen LogP contribution is -2.38. The van der Waals surface area contributed by atoms with E-state index < -0.39 is 5.97 Å². The average molecular weight is 305 g/mol. The van der Waals surface area contributed by atoms with Gasteiger partial charge in [-0.25, -0.2) is 0 Å². The van der Waals surface area contributed by atoms with Crippen LogP contribution in [0.1, 0.15) is 31.2 Å². The van der Waals surface area contributed by atoms with Crippen LogP contribution >= 0.6 is 11.8 Å². The Labute approximate surface area is 130 Å². The summed E-state index contributed by atoms with van der Waals surface area (Å²) in [6, 6.07) is 8.75. The number of hydrogen-bond acceptors (Lipinski definition) is 3. The van der Waals surface area contributed by atoms with Gasteiger partial charge in [-0.15, -0.1) is 11.8 Å². The number of fused-ring (bicyclic) bond motifs is 1. The number of carboxylic acid groups (broad SMARTS) is 1. The van der Waals surface area contributed by atoms with Crippen LogP contribution in [-0.4, -0.2) is 40.9 Å².